The van der Waals surface area contributed by atoms with Gasteiger partial charge in [-0.1, -0.05) is 92.4 Å². The van der Waals surface area contributed by atoms with Crippen molar-refractivity contribution in [3.8, 4) is 23.0 Å². The van der Waals surface area contributed by atoms with E-state index < -0.39 is 17.0 Å². The van der Waals surface area contributed by atoms with Crippen LogP contribution in [0.4, 0.5) is 22.7 Å². The van der Waals surface area contributed by atoms with Crippen LogP contribution in [0.1, 0.15) is 124 Å². The first-order chi connectivity index (χ1) is 41.7. The predicted molar refractivity (Wildman–Crippen MR) is 354 cm³/mol. The molecule has 87 heavy (non-hydrogen) atoms. The zero-order chi connectivity index (χ0) is 60.3. The minimum atomic E-state index is -1.07. The molecule has 0 saturated carbocycles. The van der Waals surface area contributed by atoms with Gasteiger partial charge in [-0.3, -0.25) is 19.2 Å². The van der Waals surface area contributed by atoms with Crippen LogP contribution in [0.15, 0.2) is 158 Å². The topological polar surface area (TPSA) is 132 Å². The number of nitrogens with two attached hydrogens (primary N) is 1. The van der Waals surface area contributed by atoms with Gasteiger partial charge in [0, 0.05) is 125 Å². The summed E-state index contributed by atoms with van der Waals surface area (Å²) in [6.45, 7) is 25.6. The molecular formula is C74H79N7O6. The summed E-state index contributed by atoms with van der Waals surface area (Å²) in [4.78, 5) is 66.4. The molecule has 4 aliphatic heterocycles. The van der Waals surface area contributed by atoms with E-state index >= 15 is 0 Å². The molecule has 0 saturated heterocycles. The summed E-state index contributed by atoms with van der Waals surface area (Å²) < 4.78 is 13.9. The molecule has 3 amide bonds. The SMILES string of the molecule is C.CCN(CC)c1ccc2c(c1)Oc1cc3cc(N(CC)CC)ccc3cc1C21c2ccccc2C(=O)N1CC(N)=O.CCN(CC)c1ccc2c3c(ccc2c1)C1(c2ccccc2C(=O)N1CC(C)=O)c1ccc2cccc(N(CC)CC)c2c1O3. The van der Waals surface area contributed by atoms with E-state index in [0.717, 1.165) is 152 Å². The van der Waals surface area contributed by atoms with E-state index in [1.165, 1.54) is 0 Å². The minimum Gasteiger partial charge on any atom is -0.456 e. The normalized spacial score (nSPS) is 16.4. The number of rotatable bonds is 16. The van der Waals surface area contributed by atoms with E-state index in [2.05, 4.69) is 178 Å². The molecule has 0 fully saturated rings. The Bertz CT molecular complexity index is 4200. The number of primary amides is 1. The largest absolute Gasteiger partial charge is 0.456 e. The summed E-state index contributed by atoms with van der Waals surface area (Å²) in [5, 5.41) is 6.20. The Hall–Kier alpha value is -9.36. The Balaban J connectivity index is 0.000000179. The molecule has 2 atom stereocenters. The van der Waals surface area contributed by atoms with Gasteiger partial charge in [0.1, 0.15) is 46.4 Å². The lowest BCUT2D eigenvalue weighted by molar-refractivity contribution is -0.119. The van der Waals surface area contributed by atoms with Crippen LogP contribution in [0.2, 0.25) is 0 Å². The van der Waals surface area contributed by atoms with Gasteiger partial charge < -0.3 is 44.6 Å². The zero-order valence-electron chi connectivity index (χ0n) is 50.8. The number of carbonyl (C=O) groups excluding carboxylic acids is 4. The molecule has 13 nitrogen and oxygen atoms in total. The highest BCUT2D eigenvalue weighted by Gasteiger charge is 2.58. The van der Waals surface area contributed by atoms with Crippen molar-refractivity contribution in [3.63, 3.8) is 0 Å². The zero-order valence-corrected chi connectivity index (χ0v) is 50.8. The number of hydrogen-bond acceptors (Lipinski definition) is 10. The molecule has 2 unspecified atom stereocenters. The second kappa shape index (κ2) is 23.5. The Morgan fingerprint density at radius 3 is 1.51 bits per heavy atom. The summed E-state index contributed by atoms with van der Waals surface area (Å²) in [5.41, 5.74) is 14.4. The van der Waals surface area contributed by atoms with E-state index in [1.54, 1.807) is 16.7 Å². The van der Waals surface area contributed by atoms with Gasteiger partial charge in [0.2, 0.25) is 5.91 Å². The third-order valence-corrected chi connectivity index (χ3v) is 18.4. The molecule has 13 rings (SSSR count). The Morgan fingerprint density at radius 2 is 0.920 bits per heavy atom. The number of Topliss-reactive ketones (excluding diaryl/α,β-unsaturated/α-hetero) is 1. The Morgan fingerprint density at radius 1 is 0.437 bits per heavy atom. The molecule has 13 heteroatoms. The summed E-state index contributed by atoms with van der Waals surface area (Å²) >= 11 is 0. The molecule has 0 aliphatic carbocycles. The predicted octanol–water partition coefficient (Wildman–Crippen LogP) is 14.6. The lowest BCUT2D eigenvalue weighted by Crippen LogP contribution is -2.50. The lowest BCUT2D eigenvalue weighted by atomic mass is 9.73. The maximum atomic E-state index is 14.3. The average Bonchev–Trinajstić information content (AvgIpc) is 1.81. The number of hydrogen-bond donors (Lipinski definition) is 1. The fourth-order valence-electron chi connectivity index (χ4n) is 14.4. The van der Waals surface area contributed by atoms with Crippen molar-refractivity contribution in [2.45, 2.75) is 80.8 Å². The molecule has 0 radical (unpaired) electrons. The molecule has 0 aromatic heterocycles. The van der Waals surface area contributed by atoms with E-state index in [1.807, 2.05) is 54.6 Å². The third kappa shape index (κ3) is 9.18. The van der Waals surface area contributed by atoms with Gasteiger partial charge in [-0.2, -0.15) is 0 Å². The second-order valence-electron chi connectivity index (χ2n) is 22.6. The number of fused-ring (bicyclic) bond motifs is 17. The van der Waals surface area contributed by atoms with Gasteiger partial charge in [0.05, 0.1) is 6.54 Å². The fourth-order valence-corrected chi connectivity index (χ4v) is 14.4. The minimum absolute atomic E-state index is 0. The smallest absolute Gasteiger partial charge is 0.255 e. The second-order valence-corrected chi connectivity index (χ2v) is 22.6. The first-order valence-electron chi connectivity index (χ1n) is 30.6. The number of benzene rings is 9. The van der Waals surface area contributed by atoms with Gasteiger partial charge in [-0.05, 0) is 162 Å². The van der Waals surface area contributed by atoms with Crippen LogP contribution in [0.5, 0.6) is 23.0 Å². The van der Waals surface area contributed by atoms with Gasteiger partial charge >= 0.3 is 0 Å². The van der Waals surface area contributed by atoms with Crippen molar-refractivity contribution in [2.75, 3.05) is 85.0 Å². The summed E-state index contributed by atoms with van der Waals surface area (Å²) in [6, 6.07) is 53.6. The van der Waals surface area contributed by atoms with Crippen molar-refractivity contribution in [1.82, 2.24) is 9.80 Å². The number of amides is 3. The summed E-state index contributed by atoms with van der Waals surface area (Å²) in [6.07, 6.45) is 0. The molecule has 9 aromatic carbocycles. The van der Waals surface area contributed by atoms with Crippen LogP contribution < -0.4 is 34.8 Å². The van der Waals surface area contributed by atoms with Crippen LogP contribution in [-0.4, -0.2) is 98.8 Å². The molecule has 0 bridgehead atoms. The van der Waals surface area contributed by atoms with E-state index in [9.17, 15) is 19.2 Å². The summed E-state index contributed by atoms with van der Waals surface area (Å²) in [7, 11) is 0. The van der Waals surface area contributed by atoms with Crippen LogP contribution in [0, 0.1) is 0 Å². The highest BCUT2D eigenvalue weighted by atomic mass is 16.5. The lowest BCUT2D eigenvalue weighted by Gasteiger charge is -2.44. The first kappa shape index (κ1) is 59.4. The highest BCUT2D eigenvalue weighted by Crippen LogP contribution is 2.62. The molecule has 2 N–H and O–H groups in total. The quantitative estimate of drug-likeness (QED) is 0.0997. The van der Waals surface area contributed by atoms with Crippen molar-refractivity contribution in [3.05, 3.63) is 202 Å². The Kier molecular flexibility index (Phi) is 16.0. The number of ketones is 1. The summed E-state index contributed by atoms with van der Waals surface area (Å²) in [5.74, 6) is 1.80. The monoisotopic (exact) mass is 1160 g/mol. The highest BCUT2D eigenvalue weighted by molar-refractivity contribution is 6.09. The maximum absolute atomic E-state index is 14.3. The van der Waals surface area contributed by atoms with Crippen molar-refractivity contribution in [1.29, 1.82) is 0 Å². The molecule has 4 aliphatic rings. The number of ether oxygens (including phenoxy) is 2. The molecular weight excluding hydrogens is 1080 g/mol. The molecule has 446 valence electrons. The van der Waals surface area contributed by atoms with Gasteiger partial charge in [0.15, 0.2) is 0 Å². The molecule has 4 heterocycles. The van der Waals surface area contributed by atoms with E-state index in [-0.39, 0.29) is 38.1 Å². The number of carbonyl (C=O) groups is 4. The van der Waals surface area contributed by atoms with Crippen molar-refractivity contribution < 1.29 is 28.7 Å². The molecule has 2 spiro atoms. The standard InChI is InChI=1S/C39H39N3O3.C34H36N4O3.CH4/c1-6-40(7-2)28-19-20-29-27(23-28)18-22-32-36(29)45-37-33(21-17-26-13-12-16-34(35(26)37)41(8-3)9-4)39(32)31-15-11-10-14-30(31)38(44)42(39)24-25(5)43;1-5-36(6-2)24-14-13-22-18-29-30(19-23(22)17-24)41-31-20-25(37(7-3)8-4)15-16-28(31)34(29)27-12-10-9-11-26(27)33(40)38(34)21-32(35)39;/h10-23H,6-9,24H2,1-5H3;9-20H,5-8,21H2,1-4H3,(H2,35,39);1H4. The van der Waals surface area contributed by atoms with E-state index in [4.69, 9.17) is 15.2 Å². The van der Waals surface area contributed by atoms with Crippen LogP contribution in [0.3, 0.4) is 0 Å². The van der Waals surface area contributed by atoms with Crippen LogP contribution >= 0.6 is 0 Å². The maximum Gasteiger partial charge on any atom is 0.255 e. The Labute approximate surface area is 511 Å². The van der Waals surface area contributed by atoms with Crippen molar-refractivity contribution >= 4 is 78.6 Å². The van der Waals surface area contributed by atoms with E-state index in [0.29, 0.717) is 22.6 Å². The average molecular weight is 1160 g/mol. The van der Waals surface area contributed by atoms with Crippen LogP contribution in [-0.2, 0) is 20.7 Å². The number of anilines is 4. The third-order valence-electron chi connectivity index (χ3n) is 18.4. The fraction of sp³-hybridized carbons (Fsp3) is 0.297. The van der Waals surface area contributed by atoms with Gasteiger partial charge in [0.25, 0.3) is 11.8 Å². The number of nitrogens with zero attached hydrogens (tertiary/aromatic N) is 6. The van der Waals surface area contributed by atoms with Crippen LogP contribution in [0.25, 0.3) is 32.3 Å². The molecule has 9 aromatic rings. The first-order valence-corrected chi connectivity index (χ1v) is 30.6. The van der Waals surface area contributed by atoms with Crippen molar-refractivity contribution in [2.24, 2.45) is 5.73 Å². The van der Waals surface area contributed by atoms with Gasteiger partial charge in [-0.15, -0.1) is 0 Å². The van der Waals surface area contributed by atoms with Gasteiger partial charge in [-0.25, -0.2) is 0 Å².